The van der Waals surface area contributed by atoms with E-state index in [0.717, 1.165) is 44.4 Å². The minimum absolute atomic E-state index is 0.916. The second-order valence-electron chi connectivity index (χ2n) is 38.9. The lowest BCUT2D eigenvalue weighted by molar-refractivity contribution is 0.670. The molecule has 0 saturated carbocycles. The summed E-state index contributed by atoms with van der Waals surface area (Å²) >= 11 is 3.78. The minimum Gasteiger partial charge on any atom is -0.455 e. The van der Waals surface area contributed by atoms with Crippen molar-refractivity contribution in [3.63, 3.8) is 0 Å². The third-order valence-electron chi connectivity index (χ3n) is 31.0. The van der Waals surface area contributed by atoms with Crippen molar-refractivity contribution < 1.29 is 4.42 Å². The summed E-state index contributed by atoms with van der Waals surface area (Å²) in [6, 6.07) is 193. The molecule has 6 heteroatoms. The topological polar surface area (TPSA) is 27.9 Å². The first-order valence-corrected chi connectivity index (χ1v) is 52.4. The van der Waals surface area contributed by atoms with E-state index in [-0.39, 0.29) is 0 Å². The van der Waals surface area contributed by atoms with Gasteiger partial charge in [-0.15, -0.1) is 22.7 Å². The normalized spacial score (nSPS) is 11.9. The van der Waals surface area contributed by atoms with Crippen LogP contribution in [0.15, 0.2) is 532 Å². The van der Waals surface area contributed by atoms with E-state index in [1.54, 1.807) is 0 Å². The van der Waals surface area contributed by atoms with Crippen molar-refractivity contribution >= 4 is 226 Å². The Hall–Kier alpha value is -18.8. The molecule has 0 amide bonds. The molecule has 0 aliphatic carbocycles. The first kappa shape index (κ1) is 84.8. The van der Waals surface area contributed by atoms with Crippen LogP contribution in [-0.2, 0) is 0 Å². The number of benzene rings is 26. The van der Waals surface area contributed by atoms with Crippen LogP contribution in [0.5, 0.6) is 0 Å². The lowest BCUT2D eigenvalue weighted by atomic mass is 9.86. The molecule has 0 fully saturated rings. The van der Waals surface area contributed by atoms with Gasteiger partial charge in [0.2, 0.25) is 0 Å². The maximum absolute atomic E-state index is 6.44. The number of hydrogen-bond acceptors (Lipinski definition) is 3. The number of hydrogen-bond donors (Lipinski definition) is 0. The van der Waals surface area contributed by atoms with E-state index < -0.39 is 0 Å². The van der Waals surface area contributed by atoms with Crippen molar-refractivity contribution in [2.24, 2.45) is 0 Å². The van der Waals surface area contributed by atoms with Crippen molar-refractivity contribution in [2.45, 2.75) is 0 Å². The van der Waals surface area contributed by atoms with Crippen molar-refractivity contribution in [3.05, 3.63) is 528 Å². The Kier molecular flexibility index (Phi) is 19.8. The summed E-state index contributed by atoms with van der Waals surface area (Å²) in [5, 5.41) is 33.1. The minimum atomic E-state index is 0.916. The molecule has 6 aromatic heterocycles. The largest absolute Gasteiger partial charge is 0.455 e. The predicted molar refractivity (Wildman–Crippen MR) is 636 cm³/mol. The summed E-state index contributed by atoms with van der Waals surface area (Å²) in [7, 11) is 0. The van der Waals surface area contributed by atoms with Crippen LogP contribution in [0.4, 0.5) is 0 Å². The van der Waals surface area contributed by atoms with E-state index in [2.05, 4.69) is 529 Å². The summed E-state index contributed by atoms with van der Waals surface area (Å²) in [6.07, 6.45) is 0. The molecule has 0 radical (unpaired) electrons. The summed E-state index contributed by atoms with van der Waals surface area (Å²) < 4.78 is 19.1. The van der Waals surface area contributed by atoms with Gasteiger partial charge in [0.15, 0.2) is 0 Å². The van der Waals surface area contributed by atoms with Crippen molar-refractivity contribution in [1.82, 2.24) is 13.7 Å². The standard InChI is InChI=1S/C50H31NO.C50H31NS.C42H25NS/c2*1-2-13-32(14-3-1)48-39-17-4-6-19-41(39)49(42-20-7-5-18-40(42)48)33-25-28-35(29-26-33)51-45-23-10-8-15-37(45)44-31-34(27-30-46(44)51)36-21-12-22-43-38-16-9-11-24-47(38)52-50(36)43;1-2-12-31-29(10-1)30-11-3-4-13-32(30)37-25-27(21-22-33(31)37)43-39-18-7-5-14-34(39)38-24-26(20-23-40(38)43)28-16-9-17-36-35-15-6-8-19-41(35)44-42(28)36/h2*1-31H;1-25H. The van der Waals surface area contributed by atoms with Gasteiger partial charge in [-0.05, 0) is 257 Å². The smallest absolute Gasteiger partial charge is 0.143 e. The molecule has 148 heavy (non-hydrogen) atoms. The average molecular weight is 1920 g/mol. The number of rotatable bonds is 10. The van der Waals surface area contributed by atoms with Gasteiger partial charge in [0.05, 0.1) is 33.1 Å². The van der Waals surface area contributed by atoms with Crippen molar-refractivity contribution in [2.75, 3.05) is 0 Å². The second-order valence-corrected chi connectivity index (χ2v) is 41.0. The van der Waals surface area contributed by atoms with Gasteiger partial charge in [-0.1, -0.05) is 419 Å². The van der Waals surface area contributed by atoms with Crippen LogP contribution in [0.25, 0.3) is 298 Å². The number of nitrogens with zero attached hydrogens (tertiary/aromatic N) is 3. The van der Waals surface area contributed by atoms with Crippen LogP contribution >= 0.6 is 22.7 Å². The molecule has 0 aliphatic heterocycles. The molecule has 4 nitrogen and oxygen atoms in total. The Labute approximate surface area is 859 Å². The molecule has 0 N–H and O–H groups in total. The summed E-state index contributed by atoms with van der Waals surface area (Å²) in [5.74, 6) is 0. The van der Waals surface area contributed by atoms with Crippen LogP contribution in [0.3, 0.4) is 0 Å². The Morgan fingerprint density at radius 3 is 0.797 bits per heavy atom. The lowest BCUT2D eigenvalue weighted by Gasteiger charge is -2.18. The number of aromatic nitrogens is 3. The first-order chi connectivity index (χ1) is 73.5. The Morgan fingerprint density at radius 2 is 0.405 bits per heavy atom. The lowest BCUT2D eigenvalue weighted by Crippen LogP contribution is -1.94. The van der Waals surface area contributed by atoms with Gasteiger partial charge in [0.1, 0.15) is 11.2 Å². The van der Waals surface area contributed by atoms with Gasteiger partial charge < -0.3 is 18.1 Å². The SMILES string of the molecule is c1ccc(-c2c3ccccc3c(-c3ccc(-n4c5ccccc5c5cc(-c6cccc7c6oc6ccccc67)ccc54)cc3)c3ccccc23)cc1.c1ccc(-c2c3ccccc3c(-c3ccc(-n4c5ccccc5c5cc(-c6cccc7c6sc6ccccc67)ccc54)cc3)c3ccccc23)cc1.c1ccc2c(c1)sc1c(-c3ccc4c(c3)c3ccccc3n4-c3ccc4c5ccccc5c5ccccc5c4c3)cccc12. The fourth-order valence-corrected chi connectivity index (χ4v) is 27.0. The summed E-state index contributed by atoms with van der Waals surface area (Å²) in [4.78, 5) is 0. The summed E-state index contributed by atoms with van der Waals surface area (Å²) in [6.45, 7) is 0. The molecule has 0 aliphatic rings. The number of fused-ring (bicyclic) bond motifs is 28. The fraction of sp³-hybridized carbons (Fsp3) is 0. The van der Waals surface area contributed by atoms with Gasteiger partial charge >= 0.3 is 0 Å². The molecular formula is C142H87N3OS2. The van der Waals surface area contributed by atoms with Crippen LogP contribution in [0.1, 0.15) is 0 Å². The van der Waals surface area contributed by atoms with Gasteiger partial charge in [-0.2, -0.15) is 0 Å². The quantitative estimate of drug-likeness (QED) is 0.0991. The molecule has 32 aromatic rings. The second kappa shape index (κ2) is 34.5. The number of para-hydroxylation sites is 5. The highest BCUT2D eigenvalue weighted by molar-refractivity contribution is 7.26. The fourth-order valence-electron chi connectivity index (χ4n) is 24.5. The van der Waals surface area contributed by atoms with Gasteiger partial charge in [0, 0.05) is 106 Å². The molecular weight excluding hydrogens is 1830 g/mol. The van der Waals surface area contributed by atoms with Crippen molar-refractivity contribution in [1.29, 1.82) is 0 Å². The zero-order valence-electron chi connectivity index (χ0n) is 80.3. The highest BCUT2D eigenvalue weighted by Crippen LogP contribution is 2.52. The maximum Gasteiger partial charge on any atom is 0.143 e. The van der Waals surface area contributed by atoms with Gasteiger partial charge in [-0.25, -0.2) is 0 Å². The van der Waals surface area contributed by atoms with E-state index in [9.17, 15) is 0 Å². The molecule has 6 heterocycles. The van der Waals surface area contributed by atoms with Gasteiger partial charge in [0.25, 0.3) is 0 Å². The first-order valence-electron chi connectivity index (χ1n) is 50.8. The number of thiophene rings is 2. The maximum atomic E-state index is 6.44. The summed E-state index contributed by atoms with van der Waals surface area (Å²) in [5.41, 5.74) is 29.9. The van der Waals surface area contributed by atoms with E-state index in [0.29, 0.717) is 0 Å². The molecule has 688 valence electrons. The predicted octanol–water partition coefficient (Wildman–Crippen LogP) is 40.7. The highest BCUT2D eigenvalue weighted by atomic mass is 32.1. The van der Waals surface area contributed by atoms with Gasteiger partial charge in [-0.3, -0.25) is 0 Å². The zero-order valence-corrected chi connectivity index (χ0v) is 81.9. The molecule has 26 aromatic carbocycles. The number of furan rings is 1. The molecule has 0 spiro atoms. The van der Waals surface area contributed by atoms with E-state index >= 15 is 0 Å². The Morgan fingerprint density at radius 1 is 0.142 bits per heavy atom. The van der Waals surface area contributed by atoms with Crippen molar-refractivity contribution in [3.8, 4) is 95.0 Å². The molecule has 0 unspecified atom stereocenters. The van der Waals surface area contributed by atoms with E-state index in [4.69, 9.17) is 4.42 Å². The Balaban J connectivity index is 0.000000103. The molecule has 0 saturated heterocycles. The van der Waals surface area contributed by atoms with Crippen LogP contribution < -0.4 is 0 Å². The monoisotopic (exact) mass is 1910 g/mol. The highest BCUT2D eigenvalue weighted by Gasteiger charge is 2.26. The Bertz CT molecular complexity index is 10500. The van der Waals surface area contributed by atoms with Crippen LogP contribution in [-0.4, -0.2) is 13.7 Å². The third-order valence-corrected chi connectivity index (χ3v) is 33.4. The van der Waals surface area contributed by atoms with E-state index in [1.807, 2.05) is 34.8 Å². The van der Waals surface area contributed by atoms with Crippen LogP contribution in [0.2, 0.25) is 0 Å². The molecule has 0 atom stereocenters. The average Bonchev–Trinajstić information content (AvgIpc) is 0.840. The zero-order chi connectivity index (χ0) is 97.1. The third kappa shape index (κ3) is 13.5. The molecule has 0 bridgehead atoms. The van der Waals surface area contributed by atoms with E-state index in [1.165, 1.54) is 254 Å². The molecule has 32 rings (SSSR count). The van der Waals surface area contributed by atoms with Crippen LogP contribution in [0, 0.1) is 0 Å².